The first-order valence-corrected chi connectivity index (χ1v) is 8.37. The summed E-state index contributed by atoms with van der Waals surface area (Å²) in [4.78, 5) is 10.9. The molecule has 2 bridgehead atoms. The van der Waals surface area contributed by atoms with Gasteiger partial charge in [0, 0.05) is 24.7 Å². The van der Waals surface area contributed by atoms with Gasteiger partial charge < -0.3 is 16.4 Å². The number of hydrogen-bond donors (Lipinski definition) is 3. The van der Waals surface area contributed by atoms with E-state index in [1.807, 2.05) is 0 Å². The largest absolute Gasteiger partial charge is 0.353 e. The Kier molecular flexibility index (Phi) is 4.24. The zero-order valence-corrected chi connectivity index (χ0v) is 13.1. The molecule has 5 nitrogen and oxygen atoms in total. The van der Waals surface area contributed by atoms with Crippen LogP contribution in [0.25, 0.3) is 0 Å². The maximum Gasteiger partial charge on any atom is 0.207 e. The average molecular weight is 302 g/mol. The van der Waals surface area contributed by atoms with E-state index in [1.165, 1.54) is 18.4 Å². The Bertz CT molecular complexity index is 511. The fourth-order valence-electron chi connectivity index (χ4n) is 4.75. The SMILES string of the molecule is N#CC1CC2(NC=O)CCC1(CC(N)CNCC1=CCC1)C2. The fourth-order valence-corrected chi connectivity index (χ4v) is 4.75. The summed E-state index contributed by atoms with van der Waals surface area (Å²) < 4.78 is 0. The lowest BCUT2D eigenvalue weighted by Gasteiger charge is -2.34. The van der Waals surface area contributed by atoms with E-state index in [0.29, 0.717) is 0 Å². The number of nitrogens with two attached hydrogens (primary N) is 1. The second kappa shape index (κ2) is 6.02. The molecule has 22 heavy (non-hydrogen) atoms. The number of nitrogens with zero attached hydrogens (tertiary/aromatic N) is 1. The van der Waals surface area contributed by atoms with Crippen LogP contribution in [-0.2, 0) is 4.79 Å². The molecule has 0 aromatic rings. The van der Waals surface area contributed by atoms with Gasteiger partial charge in [-0.25, -0.2) is 0 Å². The van der Waals surface area contributed by atoms with Gasteiger partial charge in [0.25, 0.3) is 0 Å². The zero-order valence-electron chi connectivity index (χ0n) is 13.1. The molecule has 0 radical (unpaired) electrons. The fraction of sp³-hybridized carbons (Fsp3) is 0.765. The lowest BCUT2D eigenvalue weighted by molar-refractivity contribution is -0.111. The molecule has 0 aromatic carbocycles. The van der Waals surface area contributed by atoms with Crippen molar-refractivity contribution in [3.63, 3.8) is 0 Å². The summed E-state index contributed by atoms with van der Waals surface area (Å²) in [7, 11) is 0. The second-order valence-corrected chi connectivity index (χ2v) is 7.46. The summed E-state index contributed by atoms with van der Waals surface area (Å²) in [5.74, 6) is 0.0223. The van der Waals surface area contributed by atoms with Gasteiger partial charge in [0.1, 0.15) is 0 Å². The highest BCUT2D eigenvalue weighted by molar-refractivity contribution is 5.49. The Morgan fingerprint density at radius 1 is 1.55 bits per heavy atom. The third-order valence-electron chi connectivity index (χ3n) is 5.97. The van der Waals surface area contributed by atoms with E-state index in [1.54, 1.807) is 0 Å². The lowest BCUT2D eigenvalue weighted by Crippen LogP contribution is -2.41. The normalized spacial score (nSPS) is 37.1. The van der Waals surface area contributed by atoms with Crippen LogP contribution >= 0.6 is 0 Å². The van der Waals surface area contributed by atoms with Crippen LogP contribution < -0.4 is 16.4 Å². The first-order valence-electron chi connectivity index (χ1n) is 8.37. The molecule has 2 fully saturated rings. The van der Waals surface area contributed by atoms with Gasteiger partial charge >= 0.3 is 0 Å². The first kappa shape index (κ1) is 15.5. The molecule has 4 atom stereocenters. The quantitative estimate of drug-likeness (QED) is 0.464. The molecule has 3 rings (SSSR count). The number of hydrogen-bond acceptors (Lipinski definition) is 4. The van der Waals surface area contributed by atoms with Gasteiger partial charge in [0.15, 0.2) is 0 Å². The number of fused-ring (bicyclic) bond motifs is 2. The molecule has 0 saturated heterocycles. The molecule has 120 valence electrons. The molecule has 0 spiro atoms. The predicted molar refractivity (Wildman–Crippen MR) is 84.7 cm³/mol. The standard InChI is InChI=1S/C17H26N4O/c18-8-14-6-17(21-12-22)5-4-16(14,11-17)7-15(19)10-20-9-13-2-1-3-13/h2,12,14-15,20H,1,3-7,9-11,19H2,(H,21,22). The van der Waals surface area contributed by atoms with Gasteiger partial charge in [-0.05, 0) is 50.4 Å². The van der Waals surface area contributed by atoms with Crippen molar-refractivity contribution >= 4 is 6.41 Å². The van der Waals surface area contributed by atoms with E-state index >= 15 is 0 Å². The highest BCUT2D eigenvalue weighted by Gasteiger charge is 2.60. The summed E-state index contributed by atoms with van der Waals surface area (Å²) in [6, 6.07) is 2.55. The van der Waals surface area contributed by atoms with Gasteiger partial charge in [-0.1, -0.05) is 11.6 Å². The molecule has 5 heteroatoms. The molecular formula is C17H26N4O. The van der Waals surface area contributed by atoms with Gasteiger partial charge in [-0.2, -0.15) is 5.26 Å². The number of nitriles is 1. The maximum absolute atomic E-state index is 10.9. The van der Waals surface area contributed by atoms with E-state index in [2.05, 4.69) is 22.8 Å². The molecule has 0 aliphatic heterocycles. The molecule has 0 heterocycles. The maximum atomic E-state index is 10.9. The monoisotopic (exact) mass is 302 g/mol. The Morgan fingerprint density at radius 3 is 3.00 bits per heavy atom. The van der Waals surface area contributed by atoms with Gasteiger partial charge in [-0.15, -0.1) is 0 Å². The Morgan fingerprint density at radius 2 is 2.36 bits per heavy atom. The van der Waals surface area contributed by atoms with Gasteiger partial charge in [-0.3, -0.25) is 4.79 Å². The first-order chi connectivity index (χ1) is 10.6. The summed E-state index contributed by atoms with van der Waals surface area (Å²) in [6.45, 7) is 1.74. The zero-order chi connectivity index (χ0) is 15.6. The van der Waals surface area contributed by atoms with Crippen LogP contribution in [0.2, 0.25) is 0 Å². The number of nitrogens with one attached hydrogen (secondary N) is 2. The molecule has 0 aromatic heterocycles. The molecule has 3 aliphatic rings. The lowest BCUT2D eigenvalue weighted by atomic mass is 9.71. The summed E-state index contributed by atoms with van der Waals surface area (Å²) >= 11 is 0. The van der Waals surface area contributed by atoms with E-state index in [-0.39, 0.29) is 22.9 Å². The van der Waals surface area contributed by atoms with Crippen molar-refractivity contribution in [2.75, 3.05) is 13.1 Å². The third kappa shape index (κ3) is 2.78. The second-order valence-electron chi connectivity index (χ2n) is 7.46. The van der Waals surface area contributed by atoms with Crippen LogP contribution in [-0.4, -0.2) is 31.1 Å². The molecule has 2 saturated carbocycles. The Balaban J connectivity index is 1.55. The van der Waals surface area contributed by atoms with Crippen LogP contribution in [0.15, 0.2) is 11.6 Å². The molecule has 1 amide bonds. The van der Waals surface area contributed by atoms with E-state index in [9.17, 15) is 10.1 Å². The van der Waals surface area contributed by atoms with E-state index in [0.717, 1.165) is 51.6 Å². The summed E-state index contributed by atoms with van der Waals surface area (Å²) in [5, 5.41) is 15.9. The molecule has 3 aliphatic carbocycles. The minimum absolute atomic E-state index is 0.00158. The van der Waals surface area contributed by atoms with Crippen molar-refractivity contribution in [3.05, 3.63) is 11.6 Å². The highest BCUT2D eigenvalue weighted by atomic mass is 16.1. The number of rotatable bonds is 8. The van der Waals surface area contributed by atoms with Crippen LogP contribution in [0, 0.1) is 22.7 Å². The summed E-state index contributed by atoms with van der Waals surface area (Å²) in [6.07, 6.45) is 10.1. The van der Waals surface area contributed by atoms with Crippen molar-refractivity contribution in [2.24, 2.45) is 17.1 Å². The minimum Gasteiger partial charge on any atom is -0.353 e. The van der Waals surface area contributed by atoms with Crippen molar-refractivity contribution in [2.45, 2.75) is 56.5 Å². The molecule has 4 N–H and O–H groups in total. The van der Waals surface area contributed by atoms with E-state index < -0.39 is 0 Å². The number of carbonyl (C=O) groups excluding carboxylic acids is 1. The minimum atomic E-state index is -0.147. The van der Waals surface area contributed by atoms with Crippen LogP contribution in [0.1, 0.15) is 44.9 Å². The van der Waals surface area contributed by atoms with E-state index in [4.69, 9.17) is 5.73 Å². The Labute approximate surface area is 132 Å². The number of allylic oxidation sites excluding steroid dienone is 1. The highest BCUT2D eigenvalue weighted by Crippen LogP contribution is 2.61. The number of carbonyl (C=O) groups is 1. The summed E-state index contributed by atoms with van der Waals surface area (Å²) in [5.41, 5.74) is 7.67. The predicted octanol–water partition coefficient (Wildman–Crippen LogP) is 1.21. The van der Waals surface area contributed by atoms with Gasteiger partial charge in [0.05, 0.1) is 12.0 Å². The number of amides is 1. The molecular weight excluding hydrogens is 276 g/mol. The van der Waals surface area contributed by atoms with Gasteiger partial charge in [0.2, 0.25) is 6.41 Å². The third-order valence-corrected chi connectivity index (χ3v) is 5.97. The van der Waals surface area contributed by atoms with Crippen molar-refractivity contribution in [1.82, 2.24) is 10.6 Å². The van der Waals surface area contributed by atoms with Crippen LogP contribution in [0.3, 0.4) is 0 Å². The smallest absolute Gasteiger partial charge is 0.207 e. The van der Waals surface area contributed by atoms with Crippen molar-refractivity contribution < 1.29 is 4.79 Å². The van der Waals surface area contributed by atoms with Crippen LogP contribution in [0.5, 0.6) is 0 Å². The van der Waals surface area contributed by atoms with Crippen molar-refractivity contribution in [3.8, 4) is 6.07 Å². The Hall–Kier alpha value is -1.38. The van der Waals surface area contributed by atoms with Crippen LogP contribution in [0.4, 0.5) is 0 Å². The topological polar surface area (TPSA) is 90.9 Å². The molecule has 4 unspecified atom stereocenters. The average Bonchev–Trinajstić information content (AvgIpc) is 2.94. The van der Waals surface area contributed by atoms with Crippen molar-refractivity contribution in [1.29, 1.82) is 5.26 Å².